The van der Waals surface area contributed by atoms with Gasteiger partial charge in [-0.2, -0.15) is 0 Å². The molecule has 0 radical (unpaired) electrons. The number of amides is 1. The van der Waals surface area contributed by atoms with Crippen LogP contribution in [0.15, 0.2) is 24.3 Å². The molecule has 1 aliphatic heterocycles. The van der Waals surface area contributed by atoms with E-state index in [2.05, 4.69) is 17.4 Å². The van der Waals surface area contributed by atoms with Crippen LogP contribution in [0.4, 0.5) is 0 Å². The van der Waals surface area contributed by atoms with Gasteiger partial charge in [-0.3, -0.25) is 4.79 Å². The summed E-state index contributed by atoms with van der Waals surface area (Å²) in [6.45, 7) is 2.15. The van der Waals surface area contributed by atoms with Gasteiger partial charge >= 0.3 is 0 Å². The molecule has 104 valence electrons. The normalized spacial score (nSPS) is 16.4. The van der Waals surface area contributed by atoms with Crippen LogP contribution < -0.4 is 10.1 Å². The zero-order valence-corrected chi connectivity index (χ0v) is 11.7. The lowest BCUT2D eigenvalue weighted by Gasteiger charge is -2.32. The molecule has 1 N–H and O–H groups in total. The van der Waals surface area contributed by atoms with E-state index in [1.807, 2.05) is 24.1 Å². The van der Waals surface area contributed by atoms with E-state index in [4.69, 9.17) is 4.74 Å². The highest BCUT2D eigenvalue weighted by atomic mass is 16.5. The maximum atomic E-state index is 11.8. The predicted octanol–water partition coefficient (Wildman–Crippen LogP) is 1.62. The number of likely N-dealkylation sites (tertiary alicyclic amines) is 1. The molecule has 0 spiro atoms. The lowest BCUT2D eigenvalue weighted by atomic mass is 9.89. The second-order valence-electron chi connectivity index (χ2n) is 4.96. The highest BCUT2D eigenvalue weighted by Gasteiger charge is 2.23. The van der Waals surface area contributed by atoms with Gasteiger partial charge in [0.15, 0.2) is 0 Å². The molecule has 19 heavy (non-hydrogen) atoms. The van der Waals surface area contributed by atoms with Crippen LogP contribution in [-0.4, -0.2) is 44.6 Å². The molecule has 1 aromatic rings. The molecule has 0 unspecified atom stereocenters. The highest BCUT2D eigenvalue weighted by molar-refractivity contribution is 5.78. The van der Waals surface area contributed by atoms with Crippen molar-refractivity contribution in [2.45, 2.75) is 18.8 Å². The molecule has 0 aliphatic carbocycles. The van der Waals surface area contributed by atoms with E-state index in [-0.39, 0.29) is 5.91 Å². The SMILES string of the molecule is CNCC(=O)N1CCC(c2ccc(OC)cc2)CC1. The van der Waals surface area contributed by atoms with Crippen LogP contribution in [0.1, 0.15) is 24.3 Å². The van der Waals surface area contributed by atoms with E-state index in [0.29, 0.717) is 12.5 Å². The molecule has 1 aromatic carbocycles. The van der Waals surface area contributed by atoms with Crippen LogP contribution in [0.5, 0.6) is 5.75 Å². The number of carbonyl (C=O) groups is 1. The van der Waals surface area contributed by atoms with E-state index in [9.17, 15) is 4.79 Å². The fourth-order valence-corrected chi connectivity index (χ4v) is 2.60. The standard InChI is InChI=1S/C15H22N2O2/c1-16-11-15(18)17-9-7-13(8-10-17)12-3-5-14(19-2)6-4-12/h3-6,13,16H,7-11H2,1-2H3. The first-order chi connectivity index (χ1) is 9.24. The van der Waals surface area contributed by atoms with Crippen molar-refractivity contribution in [2.24, 2.45) is 0 Å². The molecule has 1 fully saturated rings. The Morgan fingerprint density at radius 2 is 1.95 bits per heavy atom. The first-order valence-electron chi connectivity index (χ1n) is 6.81. The molecule has 0 saturated carbocycles. The van der Waals surface area contributed by atoms with Crippen molar-refractivity contribution >= 4 is 5.91 Å². The maximum absolute atomic E-state index is 11.8. The van der Waals surface area contributed by atoms with Crippen molar-refractivity contribution in [3.63, 3.8) is 0 Å². The number of nitrogens with one attached hydrogen (secondary N) is 1. The van der Waals surface area contributed by atoms with E-state index >= 15 is 0 Å². The molecule has 0 atom stereocenters. The number of carbonyl (C=O) groups excluding carboxylic acids is 1. The van der Waals surface area contributed by atoms with Gasteiger partial charge < -0.3 is 15.0 Å². The van der Waals surface area contributed by atoms with Gasteiger partial charge in [-0.15, -0.1) is 0 Å². The summed E-state index contributed by atoms with van der Waals surface area (Å²) in [6, 6.07) is 8.28. The largest absolute Gasteiger partial charge is 0.497 e. The Balaban J connectivity index is 1.90. The van der Waals surface area contributed by atoms with Crippen molar-refractivity contribution in [2.75, 3.05) is 33.8 Å². The van der Waals surface area contributed by atoms with Gasteiger partial charge in [0.1, 0.15) is 5.75 Å². The van der Waals surface area contributed by atoms with E-state index in [0.717, 1.165) is 31.7 Å². The Hall–Kier alpha value is -1.55. The van der Waals surface area contributed by atoms with Gasteiger partial charge in [0, 0.05) is 13.1 Å². The summed E-state index contributed by atoms with van der Waals surface area (Å²) in [5, 5.41) is 2.92. The third kappa shape index (κ3) is 3.47. The minimum atomic E-state index is 0.204. The van der Waals surface area contributed by atoms with Gasteiger partial charge in [0.2, 0.25) is 5.91 Å². The number of hydrogen-bond acceptors (Lipinski definition) is 3. The van der Waals surface area contributed by atoms with Gasteiger partial charge in [0.25, 0.3) is 0 Å². The number of nitrogens with zero attached hydrogens (tertiary/aromatic N) is 1. The van der Waals surface area contributed by atoms with Crippen LogP contribution in [-0.2, 0) is 4.79 Å². The summed E-state index contributed by atoms with van der Waals surface area (Å²) >= 11 is 0. The number of ether oxygens (including phenoxy) is 1. The zero-order chi connectivity index (χ0) is 13.7. The number of likely N-dealkylation sites (N-methyl/N-ethyl adjacent to an activating group) is 1. The number of methoxy groups -OCH3 is 1. The van der Waals surface area contributed by atoms with E-state index < -0.39 is 0 Å². The van der Waals surface area contributed by atoms with Crippen LogP contribution in [0.2, 0.25) is 0 Å². The molecule has 0 aromatic heterocycles. The first kappa shape index (κ1) is 13.9. The molecule has 0 bridgehead atoms. The number of rotatable bonds is 4. The zero-order valence-electron chi connectivity index (χ0n) is 11.7. The summed E-state index contributed by atoms with van der Waals surface area (Å²) in [7, 11) is 3.49. The van der Waals surface area contributed by atoms with Gasteiger partial charge in [-0.25, -0.2) is 0 Å². The van der Waals surface area contributed by atoms with Crippen LogP contribution in [0.25, 0.3) is 0 Å². The summed E-state index contributed by atoms with van der Waals surface area (Å²) in [6.07, 6.45) is 2.09. The van der Waals surface area contributed by atoms with Crippen LogP contribution >= 0.6 is 0 Å². The minimum Gasteiger partial charge on any atom is -0.497 e. The predicted molar refractivity (Wildman–Crippen MR) is 75.5 cm³/mol. The molecule has 4 nitrogen and oxygen atoms in total. The molecule has 1 amide bonds. The Bertz CT molecular complexity index is 409. The number of hydrogen-bond donors (Lipinski definition) is 1. The van der Waals surface area contributed by atoms with E-state index in [1.165, 1.54) is 5.56 Å². The lowest BCUT2D eigenvalue weighted by Crippen LogP contribution is -2.41. The minimum absolute atomic E-state index is 0.204. The van der Waals surface area contributed by atoms with Gasteiger partial charge in [0.05, 0.1) is 13.7 Å². The van der Waals surface area contributed by atoms with E-state index in [1.54, 1.807) is 7.11 Å². The van der Waals surface area contributed by atoms with Crippen molar-refractivity contribution in [3.8, 4) is 5.75 Å². The van der Waals surface area contributed by atoms with Crippen molar-refractivity contribution < 1.29 is 9.53 Å². The van der Waals surface area contributed by atoms with Gasteiger partial charge in [-0.05, 0) is 43.5 Å². The maximum Gasteiger partial charge on any atom is 0.236 e. The fourth-order valence-electron chi connectivity index (χ4n) is 2.60. The Kier molecular flexibility index (Phi) is 4.80. The second kappa shape index (κ2) is 6.57. The topological polar surface area (TPSA) is 41.6 Å². The molecular weight excluding hydrogens is 240 g/mol. The second-order valence-corrected chi connectivity index (χ2v) is 4.96. The Morgan fingerprint density at radius 1 is 1.32 bits per heavy atom. The average molecular weight is 262 g/mol. The van der Waals surface area contributed by atoms with Crippen molar-refractivity contribution in [3.05, 3.63) is 29.8 Å². The Labute approximate surface area is 114 Å². The van der Waals surface area contributed by atoms with Gasteiger partial charge in [-0.1, -0.05) is 12.1 Å². The van der Waals surface area contributed by atoms with Crippen LogP contribution in [0, 0.1) is 0 Å². The molecule has 1 saturated heterocycles. The summed E-state index contributed by atoms with van der Waals surface area (Å²) in [5.41, 5.74) is 1.35. The van der Waals surface area contributed by atoms with Crippen LogP contribution in [0.3, 0.4) is 0 Å². The summed E-state index contributed by atoms with van der Waals surface area (Å²) in [4.78, 5) is 13.7. The van der Waals surface area contributed by atoms with Crippen molar-refractivity contribution in [1.82, 2.24) is 10.2 Å². The lowest BCUT2D eigenvalue weighted by molar-refractivity contribution is -0.131. The number of benzene rings is 1. The summed E-state index contributed by atoms with van der Waals surface area (Å²) in [5.74, 6) is 1.66. The highest BCUT2D eigenvalue weighted by Crippen LogP contribution is 2.29. The van der Waals surface area contributed by atoms with Crippen molar-refractivity contribution in [1.29, 1.82) is 0 Å². The third-order valence-electron chi connectivity index (χ3n) is 3.76. The average Bonchev–Trinajstić information content (AvgIpc) is 2.48. The molecular formula is C15H22N2O2. The Morgan fingerprint density at radius 3 is 2.47 bits per heavy atom. The fraction of sp³-hybridized carbons (Fsp3) is 0.533. The quantitative estimate of drug-likeness (QED) is 0.896. The monoisotopic (exact) mass is 262 g/mol. The summed E-state index contributed by atoms with van der Waals surface area (Å²) < 4.78 is 5.17. The molecule has 1 heterocycles. The smallest absolute Gasteiger partial charge is 0.236 e. The molecule has 1 aliphatic rings. The molecule has 4 heteroatoms. The first-order valence-corrected chi connectivity index (χ1v) is 6.81. The number of piperidine rings is 1. The molecule has 2 rings (SSSR count). The third-order valence-corrected chi connectivity index (χ3v) is 3.76.